The lowest BCUT2D eigenvalue weighted by atomic mass is 9.78. The van der Waals surface area contributed by atoms with E-state index in [0.717, 1.165) is 19.3 Å². The zero-order valence-electron chi connectivity index (χ0n) is 8.97. The van der Waals surface area contributed by atoms with Gasteiger partial charge < -0.3 is 5.11 Å². The Balaban J connectivity index is 2.42. The zero-order chi connectivity index (χ0) is 10.3. The van der Waals surface area contributed by atoms with Crippen LogP contribution in [0.3, 0.4) is 0 Å². The predicted octanol–water partition coefficient (Wildman–Crippen LogP) is 2.22. The Hall–Kier alpha value is -0.630. The largest absolute Gasteiger partial charge is 0.392 e. The first kappa shape index (κ1) is 9.91. The van der Waals surface area contributed by atoms with Crippen LogP contribution in [0.25, 0.3) is 0 Å². The molecule has 1 fully saturated rings. The molecule has 14 heavy (non-hydrogen) atoms. The number of carbonyl (C=O) groups is 1. The number of carbonyl (C=O) groups excluding carboxylic acids is 1. The lowest BCUT2D eigenvalue weighted by Gasteiger charge is -2.29. The number of allylic oxidation sites excluding steroid dienone is 1. The van der Waals surface area contributed by atoms with Crippen molar-refractivity contribution in [3.8, 4) is 0 Å². The SMILES string of the molecule is CC1=C2CC[C@H](O)[C@@]2(C)CC(=O)CC1. The molecule has 0 aromatic carbocycles. The summed E-state index contributed by atoms with van der Waals surface area (Å²) in [6.45, 7) is 4.16. The highest BCUT2D eigenvalue weighted by Crippen LogP contribution is 2.49. The van der Waals surface area contributed by atoms with E-state index in [1.807, 2.05) is 6.92 Å². The molecule has 0 spiro atoms. The third-order valence-electron chi connectivity index (χ3n) is 3.95. The van der Waals surface area contributed by atoms with Crippen molar-refractivity contribution in [2.24, 2.45) is 5.41 Å². The minimum absolute atomic E-state index is 0.238. The molecule has 2 aliphatic rings. The molecular weight excluding hydrogens is 176 g/mol. The second-order valence-corrected chi connectivity index (χ2v) is 4.95. The van der Waals surface area contributed by atoms with Gasteiger partial charge in [0.2, 0.25) is 0 Å². The van der Waals surface area contributed by atoms with Gasteiger partial charge in [-0.2, -0.15) is 0 Å². The number of aliphatic hydroxyl groups is 1. The Morgan fingerprint density at radius 2 is 2.07 bits per heavy atom. The van der Waals surface area contributed by atoms with E-state index in [4.69, 9.17) is 0 Å². The maximum Gasteiger partial charge on any atom is 0.134 e. The normalized spacial score (nSPS) is 38.5. The first-order valence-electron chi connectivity index (χ1n) is 5.43. The minimum Gasteiger partial charge on any atom is -0.392 e. The fraction of sp³-hybridized carbons (Fsp3) is 0.750. The van der Waals surface area contributed by atoms with Crippen molar-refractivity contribution >= 4 is 5.78 Å². The van der Waals surface area contributed by atoms with Gasteiger partial charge in [-0.1, -0.05) is 18.1 Å². The molecule has 0 unspecified atom stereocenters. The number of Topliss-reactive ketones (excluding diaryl/α,β-unsaturated/α-hetero) is 1. The van der Waals surface area contributed by atoms with E-state index in [1.165, 1.54) is 11.1 Å². The monoisotopic (exact) mass is 194 g/mol. The predicted molar refractivity (Wildman–Crippen MR) is 54.9 cm³/mol. The fourth-order valence-corrected chi connectivity index (χ4v) is 2.99. The highest BCUT2D eigenvalue weighted by Gasteiger charge is 2.44. The molecule has 78 valence electrons. The molecule has 0 amide bonds. The molecule has 2 rings (SSSR count). The summed E-state index contributed by atoms with van der Waals surface area (Å²) < 4.78 is 0. The second-order valence-electron chi connectivity index (χ2n) is 4.95. The van der Waals surface area contributed by atoms with Crippen LogP contribution in [0.2, 0.25) is 0 Å². The fourth-order valence-electron chi connectivity index (χ4n) is 2.99. The van der Waals surface area contributed by atoms with Gasteiger partial charge in [-0.3, -0.25) is 4.79 Å². The highest BCUT2D eigenvalue weighted by molar-refractivity contribution is 5.80. The summed E-state index contributed by atoms with van der Waals surface area (Å²) in [5.41, 5.74) is 2.46. The van der Waals surface area contributed by atoms with Crippen LogP contribution in [0.5, 0.6) is 0 Å². The van der Waals surface area contributed by atoms with Crippen molar-refractivity contribution < 1.29 is 9.90 Å². The van der Waals surface area contributed by atoms with Crippen molar-refractivity contribution in [2.75, 3.05) is 0 Å². The first-order chi connectivity index (χ1) is 6.54. The highest BCUT2D eigenvalue weighted by atomic mass is 16.3. The molecule has 0 aromatic heterocycles. The number of rotatable bonds is 0. The molecule has 1 N–H and O–H groups in total. The van der Waals surface area contributed by atoms with Crippen LogP contribution in [0.1, 0.15) is 46.0 Å². The van der Waals surface area contributed by atoms with Gasteiger partial charge in [0, 0.05) is 18.3 Å². The van der Waals surface area contributed by atoms with Crippen LogP contribution < -0.4 is 0 Å². The van der Waals surface area contributed by atoms with Crippen molar-refractivity contribution in [1.82, 2.24) is 0 Å². The van der Waals surface area contributed by atoms with Gasteiger partial charge in [-0.05, 0) is 26.2 Å². The molecular formula is C12H18O2. The lowest BCUT2D eigenvalue weighted by molar-refractivity contribution is -0.121. The summed E-state index contributed by atoms with van der Waals surface area (Å²) in [5.74, 6) is 0.308. The number of hydrogen-bond acceptors (Lipinski definition) is 2. The topological polar surface area (TPSA) is 37.3 Å². The van der Waals surface area contributed by atoms with Crippen LogP contribution >= 0.6 is 0 Å². The Morgan fingerprint density at radius 1 is 1.36 bits per heavy atom. The van der Waals surface area contributed by atoms with E-state index in [1.54, 1.807) is 0 Å². The first-order valence-corrected chi connectivity index (χ1v) is 5.43. The van der Waals surface area contributed by atoms with Crippen molar-refractivity contribution in [2.45, 2.75) is 52.1 Å². The summed E-state index contributed by atoms with van der Waals surface area (Å²) in [7, 11) is 0. The molecule has 0 saturated heterocycles. The second kappa shape index (κ2) is 3.20. The zero-order valence-corrected chi connectivity index (χ0v) is 8.97. The molecule has 0 heterocycles. The van der Waals surface area contributed by atoms with Gasteiger partial charge in [-0.15, -0.1) is 0 Å². The summed E-state index contributed by atoms with van der Waals surface area (Å²) in [6.07, 6.45) is 3.61. The van der Waals surface area contributed by atoms with Crippen LogP contribution in [0.15, 0.2) is 11.1 Å². The van der Waals surface area contributed by atoms with Crippen LogP contribution in [-0.2, 0) is 4.79 Å². The average Bonchev–Trinajstić information content (AvgIpc) is 2.33. The molecule has 0 bridgehead atoms. The van der Waals surface area contributed by atoms with Crippen LogP contribution in [0.4, 0.5) is 0 Å². The Kier molecular flexibility index (Phi) is 2.26. The molecule has 0 radical (unpaired) electrons. The van der Waals surface area contributed by atoms with E-state index < -0.39 is 0 Å². The van der Waals surface area contributed by atoms with Gasteiger partial charge >= 0.3 is 0 Å². The van der Waals surface area contributed by atoms with Crippen LogP contribution in [-0.4, -0.2) is 17.0 Å². The third-order valence-corrected chi connectivity index (χ3v) is 3.95. The third kappa shape index (κ3) is 1.33. The summed E-state index contributed by atoms with van der Waals surface area (Å²) in [6, 6.07) is 0. The van der Waals surface area contributed by atoms with Crippen molar-refractivity contribution in [3.05, 3.63) is 11.1 Å². The van der Waals surface area contributed by atoms with Crippen LogP contribution in [0, 0.1) is 5.41 Å². The number of hydrogen-bond donors (Lipinski definition) is 1. The number of ketones is 1. The van der Waals surface area contributed by atoms with Gasteiger partial charge in [0.25, 0.3) is 0 Å². The Bertz CT molecular complexity index is 303. The van der Waals surface area contributed by atoms with E-state index in [-0.39, 0.29) is 11.5 Å². The Labute approximate surface area is 85.0 Å². The van der Waals surface area contributed by atoms with Gasteiger partial charge in [-0.25, -0.2) is 0 Å². The molecule has 2 atom stereocenters. The van der Waals surface area contributed by atoms with E-state index in [2.05, 4.69) is 6.92 Å². The number of aliphatic hydroxyl groups excluding tert-OH is 1. The van der Waals surface area contributed by atoms with Gasteiger partial charge in [0.1, 0.15) is 5.78 Å². The molecule has 1 saturated carbocycles. The van der Waals surface area contributed by atoms with Gasteiger partial charge in [0.15, 0.2) is 0 Å². The summed E-state index contributed by atoms with van der Waals surface area (Å²) >= 11 is 0. The van der Waals surface area contributed by atoms with Crippen molar-refractivity contribution in [3.63, 3.8) is 0 Å². The maximum absolute atomic E-state index is 11.6. The quantitative estimate of drug-likeness (QED) is 0.600. The molecule has 2 heteroatoms. The maximum atomic E-state index is 11.6. The summed E-state index contributed by atoms with van der Waals surface area (Å²) in [5, 5.41) is 9.96. The molecule has 2 aliphatic carbocycles. The molecule has 2 nitrogen and oxygen atoms in total. The molecule has 0 aliphatic heterocycles. The van der Waals surface area contributed by atoms with Gasteiger partial charge in [0.05, 0.1) is 6.10 Å². The van der Waals surface area contributed by atoms with Crippen molar-refractivity contribution in [1.29, 1.82) is 0 Å². The smallest absolute Gasteiger partial charge is 0.134 e. The van der Waals surface area contributed by atoms with E-state index in [0.29, 0.717) is 18.6 Å². The standard InChI is InChI=1S/C12H18O2/c1-8-3-4-9(13)7-12(2)10(8)5-6-11(12)14/h11,14H,3-7H2,1-2H3/t11-,12-/m0/s1. The molecule has 0 aromatic rings. The summed E-state index contributed by atoms with van der Waals surface area (Å²) in [4.78, 5) is 11.6. The van der Waals surface area contributed by atoms with E-state index >= 15 is 0 Å². The average molecular weight is 194 g/mol. The van der Waals surface area contributed by atoms with E-state index in [9.17, 15) is 9.90 Å². The minimum atomic E-state index is -0.311. The Morgan fingerprint density at radius 3 is 2.79 bits per heavy atom. The number of fused-ring (bicyclic) bond motifs is 1. The lowest BCUT2D eigenvalue weighted by Crippen LogP contribution is -2.30.